The normalized spacial score (nSPS) is 11.4. The standard InChI is InChI=1S/2C5H11NO2.CH2O.2Na.2H/c2*1-3(2)4(6)5(7)8;1-2;;;;/h2*3-4H,6H2,1-2H3,(H,7,8);1H2;;;;/t2*4-;;;;;/m00...../s1. The van der Waals surface area contributed by atoms with E-state index in [1.807, 2.05) is 6.79 Å². The van der Waals surface area contributed by atoms with Crippen LogP contribution in [0.4, 0.5) is 0 Å². The summed E-state index contributed by atoms with van der Waals surface area (Å²) in [6, 6.07) is -1.43. The SMILES string of the molecule is C=O.CC(C)[C@H](N)C(=O)O.CC(C)[C@H](N)C(=O)O.[NaH].[NaH]. The Morgan fingerprint density at radius 1 is 0.800 bits per heavy atom. The van der Waals surface area contributed by atoms with Crippen LogP contribution in [0.5, 0.6) is 0 Å². The summed E-state index contributed by atoms with van der Waals surface area (Å²) in [5, 5.41) is 16.5. The van der Waals surface area contributed by atoms with Crippen molar-refractivity contribution in [3.05, 3.63) is 0 Å². The first-order valence-corrected chi connectivity index (χ1v) is 5.36. The number of carbonyl (C=O) groups excluding carboxylic acids is 1. The second kappa shape index (κ2) is 19.5. The van der Waals surface area contributed by atoms with Gasteiger partial charge in [0.1, 0.15) is 18.9 Å². The third-order valence-corrected chi connectivity index (χ3v) is 2.01. The number of hydrogen-bond acceptors (Lipinski definition) is 5. The molecule has 0 aromatic rings. The van der Waals surface area contributed by atoms with Gasteiger partial charge in [0.05, 0.1) is 0 Å². The summed E-state index contributed by atoms with van der Waals surface area (Å²) in [7, 11) is 0. The molecule has 0 aliphatic carbocycles. The summed E-state index contributed by atoms with van der Waals surface area (Å²) in [5.74, 6) is -1.82. The third-order valence-electron chi connectivity index (χ3n) is 2.01. The van der Waals surface area contributed by atoms with Gasteiger partial charge in [-0.05, 0) is 11.8 Å². The molecule has 7 nitrogen and oxygen atoms in total. The number of hydrogen-bond donors (Lipinski definition) is 4. The molecule has 0 aromatic heterocycles. The van der Waals surface area contributed by atoms with Crippen molar-refractivity contribution in [2.75, 3.05) is 0 Å². The summed E-state index contributed by atoms with van der Waals surface area (Å²) in [6.07, 6.45) is 0. The molecule has 0 saturated carbocycles. The van der Waals surface area contributed by atoms with E-state index < -0.39 is 24.0 Å². The summed E-state index contributed by atoms with van der Waals surface area (Å²) >= 11 is 0. The minimum absolute atomic E-state index is 0. The summed E-state index contributed by atoms with van der Waals surface area (Å²) in [6.45, 7) is 9.11. The molecule has 0 spiro atoms. The van der Waals surface area contributed by atoms with Crippen LogP contribution in [0.3, 0.4) is 0 Å². The van der Waals surface area contributed by atoms with Crippen LogP contribution < -0.4 is 11.5 Å². The zero-order chi connectivity index (χ0) is 15.5. The molecular formula is C11H26N2Na2O5. The first-order chi connectivity index (χ1) is 8.11. The Bertz CT molecular complexity index is 229. The average molecular weight is 312 g/mol. The van der Waals surface area contributed by atoms with Crippen molar-refractivity contribution in [3.8, 4) is 0 Å². The molecule has 0 aromatic carbocycles. The Balaban J connectivity index is -0.0000000611. The number of carboxylic acid groups (broad SMARTS) is 2. The minimum atomic E-state index is -0.931. The molecule has 0 radical (unpaired) electrons. The number of nitrogens with two attached hydrogens (primary N) is 2. The average Bonchev–Trinajstić information content (AvgIpc) is 2.29. The molecule has 2 atom stereocenters. The van der Waals surface area contributed by atoms with Gasteiger partial charge in [-0.1, -0.05) is 27.7 Å². The van der Waals surface area contributed by atoms with Crippen molar-refractivity contribution in [3.63, 3.8) is 0 Å². The van der Waals surface area contributed by atoms with Gasteiger partial charge >= 0.3 is 71.1 Å². The number of aliphatic carboxylic acids is 2. The summed E-state index contributed by atoms with van der Waals surface area (Å²) < 4.78 is 0. The van der Waals surface area contributed by atoms with E-state index in [1.165, 1.54) is 0 Å². The maximum absolute atomic E-state index is 10.0. The quantitative estimate of drug-likeness (QED) is 0.469. The van der Waals surface area contributed by atoms with Gasteiger partial charge in [0.25, 0.3) is 0 Å². The second-order valence-electron chi connectivity index (χ2n) is 4.22. The van der Waals surface area contributed by atoms with Crippen molar-refractivity contribution < 1.29 is 24.6 Å². The molecule has 0 unspecified atom stereocenters. The molecule has 0 aliphatic rings. The third kappa shape index (κ3) is 20.8. The van der Waals surface area contributed by atoms with Crippen LogP contribution >= 0.6 is 0 Å². The predicted octanol–water partition coefficient (Wildman–Crippen LogP) is -1.37. The van der Waals surface area contributed by atoms with Crippen LogP contribution in [0.15, 0.2) is 0 Å². The molecular weight excluding hydrogens is 286 g/mol. The van der Waals surface area contributed by atoms with E-state index in [0.29, 0.717) is 0 Å². The molecule has 9 heteroatoms. The van der Waals surface area contributed by atoms with Crippen molar-refractivity contribution >= 4 is 77.8 Å². The fourth-order valence-electron chi connectivity index (χ4n) is 0.570. The van der Waals surface area contributed by atoms with Crippen molar-refractivity contribution in [1.82, 2.24) is 0 Å². The molecule has 0 bridgehead atoms. The molecule has 0 aliphatic heterocycles. The van der Waals surface area contributed by atoms with Crippen LogP contribution in [-0.2, 0) is 14.4 Å². The van der Waals surface area contributed by atoms with E-state index in [-0.39, 0.29) is 71.0 Å². The van der Waals surface area contributed by atoms with E-state index in [1.54, 1.807) is 27.7 Å². The van der Waals surface area contributed by atoms with Crippen molar-refractivity contribution in [2.45, 2.75) is 39.8 Å². The zero-order valence-electron chi connectivity index (χ0n) is 11.3. The monoisotopic (exact) mass is 312 g/mol. The molecule has 0 rings (SSSR count). The first kappa shape index (κ1) is 32.5. The zero-order valence-corrected chi connectivity index (χ0v) is 11.3. The Labute approximate surface area is 164 Å². The van der Waals surface area contributed by atoms with Gasteiger partial charge in [0, 0.05) is 0 Å². The molecule has 20 heavy (non-hydrogen) atoms. The van der Waals surface area contributed by atoms with Crippen LogP contribution in [0.2, 0.25) is 0 Å². The van der Waals surface area contributed by atoms with Crippen molar-refractivity contribution in [2.24, 2.45) is 23.3 Å². The number of rotatable bonds is 4. The van der Waals surface area contributed by atoms with Crippen LogP contribution in [-0.4, -0.2) is 100 Å². The molecule has 0 fully saturated rings. The fraction of sp³-hybridized carbons (Fsp3) is 0.727. The van der Waals surface area contributed by atoms with E-state index >= 15 is 0 Å². The second-order valence-corrected chi connectivity index (χ2v) is 4.22. The molecule has 112 valence electrons. The van der Waals surface area contributed by atoms with Gasteiger partial charge in [0.15, 0.2) is 0 Å². The number of carbonyl (C=O) groups is 3. The topological polar surface area (TPSA) is 144 Å². The fourth-order valence-corrected chi connectivity index (χ4v) is 0.570. The maximum atomic E-state index is 10.0. The van der Waals surface area contributed by atoms with Crippen molar-refractivity contribution in [1.29, 1.82) is 0 Å². The van der Waals surface area contributed by atoms with Crippen LogP contribution in [0.25, 0.3) is 0 Å². The summed E-state index contributed by atoms with van der Waals surface area (Å²) in [5.41, 5.74) is 10.3. The van der Waals surface area contributed by atoms with Gasteiger partial charge in [-0.2, -0.15) is 0 Å². The van der Waals surface area contributed by atoms with Gasteiger partial charge in [0.2, 0.25) is 0 Å². The first-order valence-electron chi connectivity index (χ1n) is 5.36. The Hall–Kier alpha value is 0.530. The van der Waals surface area contributed by atoms with Gasteiger partial charge in [-0.25, -0.2) is 0 Å². The van der Waals surface area contributed by atoms with Gasteiger partial charge in [-0.3, -0.25) is 9.59 Å². The van der Waals surface area contributed by atoms with E-state index in [0.717, 1.165) is 0 Å². The molecule has 0 amide bonds. The summed E-state index contributed by atoms with van der Waals surface area (Å²) in [4.78, 5) is 28.0. The Morgan fingerprint density at radius 3 is 0.950 bits per heavy atom. The van der Waals surface area contributed by atoms with Crippen LogP contribution in [0, 0.1) is 11.8 Å². The Morgan fingerprint density at radius 2 is 0.950 bits per heavy atom. The molecule has 0 saturated heterocycles. The van der Waals surface area contributed by atoms with E-state index in [9.17, 15) is 9.59 Å². The molecule has 6 N–H and O–H groups in total. The molecule has 0 heterocycles. The van der Waals surface area contributed by atoms with E-state index in [4.69, 9.17) is 26.5 Å². The van der Waals surface area contributed by atoms with Gasteiger partial charge in [-0.15, -0.1) is 0 Å². The predicted molar refractivity (Wildman–Crippen MR) is 82.3 cm³/mol. The number of carboxylic acids is 2. The van der Waals surface area contributed by atoms with E-state index in [2.05, 4.69) is 0 Å². The Kier molecular flexibility index (Phi) is 31.7. The van der Waals surface area contributed by atoms with Gasteiger partial charge < -0.3 is 26.5 Å². The van der Waals surface area contributed by atoms with Crippen LogP contribution in [0.1, 0.15) is 27.7 Å².